The molecule has 2 unspecified atom stereocenters. The van der Waals surface area contributed by atoms with E-state index >= 15 is 0 Å². The van der Waals surface area contributed by atoms with Crippen LogP contribution in [0.15, 0.2) is 66.9 Å². The second-order valence-corrected chi connectivity index (χ2v) is 9.80. The number of nitrogens with two attached hydrogens (primary N) is 1. The van der Waals surface area contributed by atoms with Gasteiger partial charge in [-0.2, -0.15) is 12.6 Å². The van der Waals surface area contributed by atoms with Crippen molar-refractivity contribution in [3.05, 3.63) is 78.1 Å². The molecule has 0 aliphatic rings. The summed E-state index contributed by atoms with van der Waals surface area (Å²) < 4.78 is 0. The Labute approximate surface area is 238 Å². The fraction of sp³-hybridized carbons (Fsp3) is 0.345. The molecule has 0 fully saturated rings. The summed E-state index contributed by atoms with van der Waals surface area (Å²) in [5, 5.41) is 19.4. The summed E-state index contributed by atoms with van der Waals surface area (Å²) in [4.78, 5) is 55.0. The van der Waals surface area contributed by atoms with Gasteiger partial charge in [-0.3, -0.25) is 19.4 Å². The van der Waals surface area contributed by atoms with Gasteiger partial charge in [0.1, 0.15) is 18.1 Å². The lowest BCUT2D eigenvalue weighted by Gasteiger charge is -2.23. The van der Waals surface area contributed by atoms with Gasteiger partial charge >= 0.3 is 5.97 Å². The van der Waals surface area contributed by atoms with Gasteiger partial charge in [0.2, 0.25) is 17.7 Å². The standard InChI is InChI=1S/C29H35N5O5S/c30-13-5-3-10-23(29(38)39)33-28(37)25(18-40)34-27(36)24(17-22-9-4-6-14-31-22)32-26(35)16-19-11-12-20-7-1-2-8-21(20)15-19/h1-2,4,6-9,11-12,14-15,23-25,40H,3,5,10,13,16-18,30H2,(H,32,35)(H,33,37)(H,34,36)(H,38,39)/t23?,24?,25-/m0/s1. The quantitative estimate of drug-likeness (QED) is 0.120. The van der Waals surface area contributed by atoms with Crippen LogP contribution in [0.2, 0.25) is 0 Å². The largest absolute Gasteiger partial charge is 0.480 e. The number of carboxylic acid groups (broad SMARTS) is 1. The van der Waals surface area contributed by atoms with E-state index in [1.54, 1.807) is 24.4 Å². The molecule has 0 saturated heterocycles. The molecule has 0 saturated carbocycles. The number of benzene rings is 2. The monoisotopic (exact) mass is 565 g/mol. The minimum absolute atomic E-state index is 0.0520. The maximum absolute atomic E-state index is 13.3. The van der Waals surface area contributed by atoms with E-state index in [1.165, 1.54) is 0 Å². The van der Waals surface area contributed by atoms with E-state index in [1.807, 2.05) is 42.5 Å². The molecule has 0 spiro atoms. The van der Waals surface area contributed by atoms with Crippen molar-refractivity contribution in [2.24, 2.45) is 5.73 Å². The van der Waals surface area contributed by atoms with Crippen LogP contribution >= 0.6 is 12.6 Å². The van der Waals surface area contributed by atoms with Crippen LogP contribution in [0.1, 0.15) is 30.5 Å². The van der Waals surface area contributed by atoms with Crippen molar-refractivity contribution in [3.63, 3.8) is 0 Å². The number of carbonyl (C=O) groups excluding carboxylic acids is 3. The summed E-state index contributed by atoms with van der Waals surface area (Å²) in [5.74, 6) is -2.91. The molecule has 1 aromatic heterocycles. The zero-order chi connectivity index (χ0) is 28.9. The normalized spacial score (nSPS) is 13.2. The number of unbranched alkanes of at least 4 members (excludes halogenated alkanes) is 1. The lowest BCUT2D eigenvalue weighted by molar-refractivity contribution is -0.142. The van der Waals surface area contributed by atoms with E-state index < -0.39 is 35.9 Å². The summed E-state index contributed by atoms with van der Waals surface area (Å²) in [5.41, 5.74) is 6.84. The maximum Gasteiger partial charge on any atom is 0.326 e. The van der Waals surface area contributed by atoms with Gasteiger partial charge in [-0.05, 0) is 54.3 Å². The van der Waals surface area contributed by atoms with Crippen molar-refractivity contribution in [1.29, 1.82) is 0 Å². The van der Waals surface area contributed by atoms with Crippen molar-refractivity contribution in [2.75, 3.05) is 12.3 Å². The SMILES string of the molecule is NCCCCC(NC(=O)[C@H](CS)NC(=O)C(Cc1ccccn1)NC(=O)Cc1ccc2ccccc2c1)C(=O)O. The highest BCUT2D eigenvalue weighted by molar-refractivity contribution is 7.80. The molecule has 0 aliphatic carbocycles. The second kappa shape index (κ2) is 15.6. The number of aromatic nitrogens is 1. The molecular weight excluding hydrogens is 530 g/mol. The first kappa shape index (κ1) is 30.6. The van der Waals surface area contributed by atoms with Crippen LogP contribution in [0.25, 0.3) is 10.8 Å². The van der Waals surface area contributed by atoms with Crippen molar-refractivity contribution in [1.82, 2.24) is 20.9 Å². The van der Waals surface area contributed by atoms with E-state index in [-0.39, 0.29) is 30.9 Å². The number of thiol groups is 1. The number of hydrogen-bond donors (Lipinski definition) is 6. The Kier molecular flexibility index (Phi) is 11.9. The number of rotatable bonds is 15. The topological polar surface area (TPSA) is 164 Å². The van der Waals surface area contributed by atoms with Gasteiger partial charge in [-0.1, -0.05) is 48.5 Å². The molecule has 3 amide bonds. The Morgan fingerprint density at radius 3 is 2.23 bits per heavy atom. The van der Waals surface area contributed by atoms with Crippen molar-refractivity contribution < 1.29 is 24.3 Å². The highest BCUT2D eigenvalue weighted by atomic mass is 32.1. The average molecular weight is 566 g/mol. The van der Waals surface area contributed by atoms with Gasteiger partial charge < -0.3 is 26.8 Å². The number of carbonyl (C=O) groups is 4. The molecule has 0 bridgehead atoms. The Balaban J connectivity index is 1.69. The molecule has 212 valence electrons. The molecule has 3 aromatic rings. The number of nitrogens with zero attached hydrogens (tertiary/aromatic N) is 1. The van der Waals surface area contributed by atoms with Crippen LogP contribution in [0.4, 0.5) is 0 Å². The first-order valence-corrected chi connectivity index (χ1v) is 13.8. The highest BCUT2D eigenvalue weighted by Crippen LogP contribution is 2.16. The molecule has 3 atom stereocenters. The summed E-state index contributed by atoms with van der Waals surface area (Å²) in [6, 6.07) is 15.5. The van der Waals surface area contributed by atoms with Crippen molar-refractivity contribution in [2.45, 2.75) is 50.2 Å². The molecule has 40 heavy (non-hydrogen) atoms. The van der Waals surface area contributed by atoms with E-state index in [0.29, 0.717) is 25.1 Å². The van der Waals surface area contributed by atoms with Crippen LogP contribution in [-0.2, 0) is 32.0 Å². The summed E-state index contributed by atoms with van der Waals surface area (Å²) in [7, 11) is 0. The fourth-order valence-corrected chi connectivity index (χ4v) is 4.46. The average Bonchev–Trinajstić information content (AvgIpc) is 2.95. The Morgan fingerprint density at radius 1 is 0.850 bits per heavy atom. The number of aliphatic carboxylic acids is 1. The van der Waals surface area contributed by atoms with Crippen molar-refractivity contribution in [3.8, 4) is 0 Å². The number of carboxylic acids is 1. The molecule has 6 N–H and O–H groups in total. The third-order valence-electron chi connectivity index (χ3n) is 6.35. The zero-order valence-electron chi connectivity index (χ0n) is 22.1. The number of amides is 3. The summed E-state index contributed by atoms with van der Waals surface area (Å²) in [6.45, 7) is 0.417. The van der Waals surface area contributed by atoms with E-state index in [9.17, 15) is 24.3 Å². The maximum atomic E-state index is 13.3. The highest BCUT2D eigenvalue weighted by Gasteiger charge is 2.29. The molecule has 2 aromatic carbocycles. The third-order valence-corrected chi connectivity index (χ3v) is 6.71. The second-order valence-electron chi connectivity index (χ2n) is 9.43. The Bertz CT molecular complexity index is 1310. The van der Waals surface area contributed by atoms with Crippen LogP contribution in [-0.4, -0.2) is 64.2 Å². The zero-order valence-corrected chi connectivity index (χ0v) is 23.0. The van der Waals surface area contributed by atoms with Gasteiger partial charge in [0.25, 0.3) is 0 Å². The van der Waals surface area contributed by atoms with Crippen LogP contribution < -0.4 is 21.7 Å². The van der Waals surface area contributed by atoms with Crippen LogP contribution in [0.3, 0.4) is 0 Å². The van der Waals surface area contributed by atoms with Gasteiger partial charge in [-0.25, -0.2) is 4.79 Å². The minimum atomic E-state index is -1.18. The molecule has 11 heteroatoms. The molecule has 0 radical (unpaired) electrons. The van der Waals surface area contributed by atoms with Gasteiger partial charge in [0.05, 0.1) is 6.42 Å². The van der Waals surface area contributed by atoms with Gasteiger partial charge in [0, 0.05) is 24.1 Å². The van der Waals surface area contributed by atoms with Crippen LogP contribution in [0.5, 0.6) is 0 Å². The number of nitrogens with one attached hydrogen (secondary N) is 3. The molecule has 10 nitrogen and oxygen atoms in total. The lowest BCUT2D eigenvalue weighted by Crippen LogP contribution is -2.57. The number of pyridine rings is 1. The minimum Gasteiger partial charge on any atom is -0.480 e. The number of hydrogen-bond acceptors (Lipinski definition) is 7. The van der Waals surface area contributed by atoms with E-state index in [0.717, 1.165) is 16.3 Å². The lowest BCUT2D eigenvalue weighted by atomic mass is 10.0. The summed E-state index contributed by atoms with van der Waals surface area (Å²) >= 11 is 4.18. The molecule has 0 aliphatic heterocycles. The Hall–Kier alpha value is -3.96. The van der Waals surface area contributed by atoms with Crippen LogP contribution in [0, 0.1) is 0 Å². The fourth-order valence-electron chi connectivity index (χ4n) is 4.21. The smallest absolute Gasteiger partial charge is 0.326 e. The molecular formula is C29H35N5O5S. The first-order valence-electron chi connectivity index (χ1n) is 13.1. The Morgan fingerprint density at radius 2 is 1.55 bits per heavy atom. The molecule has 3 rings (SSSR count). The van der Waals surface area contributed by atoms with Gasteiger partial charge in [0.15, 0.2) is 0 Å². The van der Waals surface area contributed by atoms with E-state index in [2.05, 4.69) is 33.6 Å². The third kappa shape index (κ3) is 9.35. The van der Waals surface area contributed by atoms with E-state index in [4.69, 9.17) is 5.73 Å². The first-order chi connectivity index (χ1) is 19.3. The molecule has 1 heterocycles. The predicted octanol–water partition coefficient (Wildman–Crippen LogP) is 1.62. The van der Waals surface area contributed by atoms with Gasteiger partial charge in [-0.15, -0.1) is 0 Å². The summed E-state index contributed by atoms with van der Waals surface area (Å²) in [6.07, 6.45) is 3.09. The number of fused-ring (bicyclic) bond motifs is 1. The predicted molar refractivity (Wildman–Crippen MR) is 156 cm³/mol. The van der Waals surface area contributed by atoms with Crippen molar-refractivity contribution >= 4 is 47.1 Å².